The molecule has 0 aromatic heterocycles. The number of ether oxygens (including phenoxy) is 1. The molecule has 0 amide bonds. The Bertz CT molecular complexity index is 985. The van der Waals surface area contributed by atoms with Gasteiger partial charge >= 0.3 is 7.12 Å². The lowest BCUT2D eigenvalue weighted by atomic mass is 9.76. The standard InChI is InChI=1S/C23H24BClO3/c1-22(2)23(3,4)28-24(27-22)19-14-18(26-15-16-9-6-5-7-10-16)13-17-11-8-12-20(25)21(17)19/h5-14H,15H2,1-4H3. The fraction of sp³-hybridized carbons (Fsp3) is 0.304. The lowest BCUT2D eigenvalue weighted by Gasteiger charge is -2.32. The van der Waals surface area contributed by atoms with Crippen molar-refractivity contribution in [2.75, 3.05) is 0 Å². The zero-order chi connectivity index (χ0) is 19.9. The highest BCUT2D eigenvalue weighted by Gasteiger charge is 2.52. The maximum Gasteiger partial charge on any atom is 0.495 e. The molecule has 0 spiro atoms. The van der Waals surface area contributed by atoms with E-state index in [9.17, 15) is 0 Å². The van der Waals surface area contributed by atoms with Crippen molar-refractivity contribution in [3.63, 3.8) is 0 Å². The second-order valence-electron chi connectivity index (χ2n) is 8.21. The van der Waals surface area contributed by atoms with Crippen molar-refractivity contribution in [1.82, 2.24) is 0 Å². The Kier molecular flexibility index (Phi) is 4.90. The first-order valence-corrected chi connectivity index (χ1v) is 9.89. The molecule has 1 saturated heterocycles. The second-order valence-corrected chi connectivity index (χ2v) is 8.62. The minimum atomic E-state index is -0.507. The van der Waals surface area contributed by atoms with Crippen molar-refractivity contribution in [2.24, 2.45) is 0 Å². The molecule has 144 valence electrons. The summed E-state index contributed by atoms with van der Waals surface area (Å²) < 4.78 is 18.7. The highest BCUT2D eigenvalue weighted by Crippen LogP contribution is 2.38. The fourth-order valence-electron chi connectivity index (χ4n) is 3.37. The van der Waals surface area contributed by atoms with Crippen LogP contribution >= 0.6 is 11.6 Å². The predicted molar refractivity (Wildman–Crippen MR) is 115 cm³/mol. The van der Waals surface area contributed by atoms with Gasteiger partial charge in [-0.1, -0.05) is 54.1 Å². The van der Waals surface area contributed by atoms with Crippen molar-refractivity contribution in [3.8, 4) is 5.75 Å². The summed E-state index contributed by atoms with van der Waals surface area (Å²) >= 11 is 6.56. The molecular weight excluding hydrogens is 371 g/mol. The van der Waals surface area contributed by atoms with Crippen molar-refractivity contribution in [3.05, 3.63) is 71.2 Å². The summed E-state index contributed by atoms with van der Waals surface area (Å²) in [7, 11) is -0.507. The van der Waals surface area contributed by atoms with Crippen LogP contribution < -0.4 is 10.2 Å². The van der Waals surface area contributed by atoms with Crippen LogP contribution in [-0.4, -0.2) is 18.3 Å². The number of fused-ring (bicyclic) bond motifs is 1. The van der Waals surface area contributed by atoms with E-state index in [1.807, 2.05) is 88.4 Å². The second kappa shape index (κ2) is 7.11. The Labute approximate surface area is 171 Å². The topological polar surface area (TPSA) is 27.7 Å². The van der Waals surface area contributed by atoms with Crippen LogP contribution in [0.25, 0.3) is 10.8 Å². The zero-order valence-corrected chi connectivity index (χ0v) is 17.4. The molecule has 4 rings (SSSR count). The molecule has 0 saturated carbocycles. The summed E-state index contributed by atoms with van der Waals surface area (Å²) in [6, 6.07) is 20.0. The van der Waals surface area contributed by atoms with E-state index >= 15 is 0 Å². The van der Waals surface area contributed by atoms with Crippen LogP contribution in [0.3, 0.4) is 0 Å². The molecule has 1 fully saturated rings. The van der Waals surface area contributed by atoms with Gasteiger partial charge in [0.25, 0.3) is 0 Å². The lowest BCUT2D eigenvalue weighted by Crippen LogP contribution is -2.41. The molecule has 0 aliphatic carbocycles. The van der Waals surface area contributed by atoms with E-state index in [0.717, 1.165) is 27.5 Å². The number of hydrogen-bond donors (Lipinski definition) is 0. The van der Waals surface area contributed by atoms with Crippen LogP contribution in [-0.2, 0) is 15.9 Å². The summed E-state index contributed by atoms with van der Waals surface area (Å²) in [5, 5.41) is 2.62. The van der Waals surface area contributed by atoms with Gasteiger partial charge in [-0.05, 0) is 62.3 Å². The number of benzene rings is 3. The first-order chi connectivity index (χ1) is 13.3. The summed E-state index contributed by atoms with van der Waals surface area (Å²) in [4.78, 5) is 0. The highest BCUT2D eigenvalue weighted by atomic mass is 35.5. The third-order valence-corrected chi connectivity index (χ3v) is 6.00. The largest absolute Gasteiger partial charge is 0.495 e. The van der Waals surface area contributed by atoms with Gasteiger partial charge in [-0.25, -0.2) is 0 Å². The Morgan fingerprint density at radius 2 is 1.57 bits per heavy atom. The number of halogens is 1. The van der Waals surface area contributed by atoms with Gasteiger partial charge in [0, 0.05) is 10.4 Å². The van der Waals surface area contributed by atoms with Crippen LogP contribution in [0.4, 0.5) is 0 Å². The molecule has 1 aliphatic rings. The van der Waals surface area contributed by atoms with Crippen LogP contribution in [0.2, 0.25) is 5.02 Å². The molecule has 0 unspecified atom stereocenters. The molecule has 1 aliphatic heterocycles. The van der Waals surface area contributed by atoms with E-state index < -0.39 is 18.3 Å². The van der Waals surface area contributed by atoms with Gasteiger partial charge in [0.2, 0.25) is 0 Å². The molecule has 1 heterocycles. The zero-order valence-electron chi connectivity index (χ0n) is 16.7. The molecule has 0 radical (unpaired) electrons. The van der Waals surface area contributed by atoms with E-state index in [1.54, 1.807) is 0 Å². The first-order valence-electron chi connectivity index (χ1n) is 9.51. The van der Waals surface area contributed by atoms with Gasteiger partial charge in [0.15, 0.2) is 0 Å². The SMILES string of the molecule is CC1(C)OB(c2cc(OCc3ccccc3)cc3cccc(Cl)c23)OC1(C)C. The van der Waals surface area contributed by atoms with Crippen LogP contribution in [0.15, 0.2) is 60.7 Å². The predicted octanol–water partition coefficient (Wildman–Crippen LogP) is 5.37. The highest BCUT2D eigenvalue weighted by molar-refractivity contribution is 6.66. The number of rotatable bonds is 4. The van der Waals surface area contributed by atoms with Gasteiger partial charge in [-0.15, -0.1) is 0 Å². The van der Waals surface area contributed by atoms with Crippen molar-refractivity contribution < 1.29 is 14.0 Å². The molecule has 3 nitrogen and oxygen atoms in total. The molecule has 3 aromatic carbocycles. The molecule has 28 heavy (non-hydrogen) atoms. The fourth-order valence-corrected chi connectivity index (χ4v) is 3.66. The Hall–Kier alpha value is -2.01. The third kappa shape index (κ3) is 3.52. The van der Waals surface area contributed by atoms with Crippen molar-refractivity contribution in [2.45, 2.75) is 45.5 Å². The van der Waals surface area contributed by atoms with Gasteiger partial charge in [-0.3, -0.25) is 0 Å². The Balaban J connectivity index is 1.74. The van der Waals surface area contributed by atoms with E-state index in [-0.39, 0.29) is 0 Å². The molecule has 0 N–H and O–H groups in total. The summed E-state index contributed by atoms with van der Waals surface area (Å²) in [6.07, 6.45) is 0. The van der Waals surface area contributed by atoms with Crippen LogP contribution in [0.5, 0.6) is 5.75 Å². The maximum absolute atomic E-state index is 6.56. The summed E-state index contributed by atoms with van der Waals surface area (Å²) in [5.41, 5.74) is 1.16. The smallest absolute Gasteiger partial charge is 0.489 e. The van der Waals surface area contributed by atoms with Crippen LogP contribution in [0.1, 0.15) is 33.3 Å². The van der Waals surface area contributed by atoms with Crippen LogP contribution in [0, 0.1) is 0 Å². The molecule has 5 heteroatoms. The molecule has 0 atom stereocenters. The maximum atomic E-state index is 6.56. The van der Waals surface area contributed by atoms with Crippen molar-refractivity contribution >= 4 is 35.0 Å². The number of hydrogen-bond acceptors (Lipinski definition) is 3. The summed E-state index contributed by atoms with van der Waals surface area (Å²) in [6.45, 7) is 8.69. The monoisotopic (exact) mass is 394 g/mol. The Morgan fingerprint density at radius 3 is 2.25 bits per heavy atom. The van der Waals surface area contributed by atoms with Gasteiger partial charge in [0.05, 0.1) is 11.2 Å². The van der Waals surface area contributed by atoms with E-state index in [0.29, 0.717) is 11.6 Å². The van der Waals surface area contributed by atoms with Gasteiger partial charge in [0.1, 0.15) is 12.4 Å². The quantitative estimate of drug-likeness (QED) is 0.557. The summed E-state index contributed by atoms with van der Waals surface area (Å²) in [5.74, 6) is 0.767. The van der Waals surface area contributed by atoms with Gasteiger partial charge in [-0.2, -0.15) is 0 Å². The average molecular weight is 395 g/mol. The van der Waals surface area contributed by atoms with E-state index in [2.05, 4.69) is 0 Å². The molecule has 0 bridgehead atoms. The lowest BCUT2D eigenvalue weighted by molar-refractivity contribution is 0.00578. The average Bonchev–Trinajstić information content (AvgIpc) is 2.88. The van der Waals surface area contributed by atoms with E-state index in [4.69, 9.17) is 25.6 Å². The Morgan fingerprint density at radius 1 is 0.893 bits per heavy atom. The normalized spacial score (nSPS) is 17.8. The van der Waals surface area contributed by atoms with Gasteiger partial charge < -0.3 is 14.0 Å². The molecular formula is C23H24BClO3. The van der Waals surface area contributed by atoms with Crippen molar-refractivity contribution in [1.29, 1.82) is 0 Å². The first kappa shape index (κ1) is 19.3. The molecule has 3 aromatic rings. The minimum absolute atomic E-state index is 0.424. The minimum Gasteiger partial charge on any atom is -0.489 e. The van der Waals surface area contributed by atoms with E-state index in [1.165, 1.54) is 0 Å². The third-order valence-electron chi connectivity index (χ3n) is 5.69.